The molecule has 0 radical (unpaired) electrons. The third kappa shape index (κ3) is 4.52. The lowest BCUT2D eigenvalue weighted by atomic mass is 9.96. The number of pyridine rings is 1. The number of rotatable bonds is 4. The molecule has 0 aliphatic rings. The Kier molecular flexibility index (Phi) is 4.78. The largest absolute Gasteiger partial charge is 0.359 e. The van der Waals surface area contributed by atoms with E-state index >= 15 is 0 Å². The molecule has 0 atom stereocenters. The van der Waals surface area contributed by atoms with Gasteiger partial charge in [-0.1, -0.05) is 32.4 Å². The summed E-state index contributed by atoms with van der Waals surface area (Å²) in [5.74, 6) is 0.967. The fourth-order valence-corrected chi connectivity index (χ4v) is 1.97. The number of nitrogens with zero attached hydrogens (tertiary/aromatic N) is 2. The topological polar surface area (TPSA) is 28.2 Å². The Hall–Kier alpha value is -0.800. The molecule has 0 unspecified atom stereocenters. The summed E-state index contributed by atoms with van der Waals surface area (Å²) in [6, 6.07) is 2.05. The van der Waals surface area contributed by atoms with Crippen molar-refractivity contribution in [3.05, 3.63) is 22.8 Å². The van der Waals surface area contributed by atoms with E-state index < -0.39 is 0 Å². The zero-order chi connectivity index (χ0) is 13.1. The van der Waals surface area contributed by atoms with E-state index in [1.807, 2.05) is 13.1 Å². The lowest BCUT2D eigenvalue weighted by Crippen LogP contribution is -2.29. The molecule has 0 bridgehead atoms. The summed E-state index contributed by atoms with van der Waals surface area (Å²) in [7, 11) is 3.97. The van der Waals surface area contributed by atoms with Crippen molar-refractivity contribution in [1.29, 1.82) is 0 Å². The van der Waals surface area contributed by atoms with Crippen molar-refractivity contribution in [2.75, 3.05) is 25.5 Å². The van der Waals surface area contributed by atoms with Crippen LogP contribution in [-0.4, -0.2) is 25.6 Å². The molecule has 0 saturated carbocycles. The van der Waals surface area contributed by atoms with Gasteiger partial charge in [0.05, 0.1) is 5.02 Å². The van der Waals surface area contributed by atoms with Gasteiger partial charge in [-0.2, -0.15) is 0 Å². The first-order chi connectivity index (χ1) is 7.83. The van der Waals surface area contributed by atoms with Crippen LogP contribution in [0.2, 0.25) is 5.02 Å². The van der Waals surface area contributed by atoms with E-state index in [1.165, 1.54) is 0 Å². The van der Waals surface area contributed by atoms with Gasteiger partial charge in [0.25, 0.3) is 0 Å². The monoisotopic (exact) mass is 255 g/mol. The van der Waals surface area contributed by atoms with Crippen molar-refractivity contribution in [3.63, 3.8) is 0 Å². The number of hydrogen-bond acceptors (Lipinski definition) is 3. The molecule has 0 saturated heterocycles. The highest BCUT2D eigenvalue weighted by Crippen LogP contribution is 2.22. The number of nitrogens with one attached hydrogen (secondary N) is 1. The molecule has 4 heteroatoms. The quantitative estimate of drug-likeness (QED) is 0.897. The molecular formula is C13H22ClN3. The van der Waals surface area contributed by atoms with E-state index in [1.54, 1.807) is 6.20 Å². The molecule has 3 nitrogen and oxygen atoms in total. The molecule has 1 aromatic rings. The van der Waals surface area contributed by atoms with Crippen molar-refractivity contribution in [2.45, 2.75) is 27.3 Å². The Morgan fingerprint density at radius 1 is 1.41 bits per heavy atom. The molecule has 1 N–H and O–H groups in total. The van der Waals surface area contributed by atoms with Gasteiger partial charge < -0.3 is 10.2 Å². The van der Waals surface area contributed by atoms with Crippen LogP contribution < -0.4 is 10.2 Å². The van der Waals surface area contributed by atoms with Crippen LogP contribution in [0, 0.1) is 5.41 Å². The van der Waals surface area contributed by atoms with Crippen LogP contribution in [0.5, 0.6) is 0 Å². The molecule has 1 aromatic heterocycles. The molecule has 0 spiro atoms. The second-order valence-electron chi connectivity index (χ2n) is 5.58. The van der Waals surface area contributed by atoms with Crippen LogP contribution in [0.1, 0.15) is 26.3 Å². The smallest absolute Gasteiger partial charge is 0.128 e. The normalized spacial score (nSPS) is 11.6. The average molecular weight is 256 g/mol. The molecule has 0 fully saturated rings. The van der Waals surface area contributed by atoms with Gasteiger partial charge in [-0.05, 0) is 24.1 Å². The molecule has 0 aliphatic carbocycles. The Balaban J connectivity index is 2.87. The maximum atomic E-state index is 6.09. The Morgan fingerprint density at radius 2 is 2.06 bits per heavy atom. The minimum absolute atomic E-state index is 0.249. The Bertz CT molecular complexity index is 371. The van der Waals surface area contributed by atoms with Gasteiger partial charge in [0.1, 0.15) is 5.82 Å². The second kappa shape index (κ2) is 5.69. The Morgan fingerprint density at radius 3 is 2.59 bits per heavy atom. The highest BCUT2D eigenvalue weighted by atomic mass is 35.5. The molecule has 0 aromatic carbocycles. The van der Waals surface area contributed by atoms with Gasteiger partial charge >= 0.3 is 0 Å². The van der Waals surface area contributed by atoms with Crippen molar-refractivity contribution in [1.82, 2.24) is 10.3 Å². The first kappa shape index (κ1) is 14.3. The van der Waals surface area contributed by atoms with Crippen LogP contribution in [0.15, 0.2) is 12.3 Å². The third-order valence-corrected chi connectivity index (χ3v) is 2.73. The predicted octanol–water partition coefficient (Wildman–Crippen LogP) is 2.94. The fraction of sp³-hybridized carbons (Fsp3) is 0.615. The van der Waals surface area contributed by atoms with Crippen molar-refractivity contribution >= 4 is 17.4 Å². The van der Waals surface area contributed by atoms with Gasteiger partial charge in [0.15, 0.2) is 0 Å². The van der Waals surface area contributed by atoms with E-state index in [2.05, 4.69) is 43.0 Å². The maximum Gasteiger partial charge on any atom is 0.128 e. The summed E-state index contributed by atoms with van der Waals surface area (Å²) in [5, 5.41) is 3.82. The van der Waals surface area contributed by atoms with E-state index in [0.29, 0.717) is 5.02 Å². The second-order valence-corrected chi connectivity index (χ2v) is 5.99. The summed E-state index contributed by atoms with van der Waals surface area (Å²) in [6.07, 6.45) is 1.72. The van der Waals surface area contributed by atoms with Gasteiger partial charge in [0.2, 0.25) is 0 Å². The standard InChI is InChI=1S/C13H22ClN3/c1-13(2,3)9-17(5)12-6-10(7-15-4)11(14)8-16-12/h6,8,15H,7,9H2,1-5H3. The van der Waals surface area contributed by atoms with E-state index in [9.17, 15) is 0 Å². The maximum absolute atomic E-state index is 6.09. The number of halogens is 1. The molecule has 0 aliphatic heterocycles. The highest BCUT2D eigenvalue weighted by Gasteiger charge is 2.15. The van der Waals surface area contributed by atoms with Gasteiger partial charge in [-0.3, -0.25) is 0 Å². The van der Waals surface area contributed by atoms with E-state index in [-0.39, 0.29) is 5.41 Å². The third-order valence-electron chi connectivity index (χ3n) is 2.39. The first-order valence-corrected chi connectivity index (χ1v) is 6.21. The van der Waals surface area contributed by atoms with Crippen molar-refractivity contribution in [3.8, 4) is 0 Å². The lowest BCUT2D eigenvalue weighted by molar-refractivity contribution is 0.418. The highest BCUT2D eigenvalue weighted by molar-refractivity contribution is 6.31. The van der Waals surface area contributed by atoms with Gasteiger partial charge in [0, 0.05) is 26.3 Å². The summed E-state index contributed by atoms with van der Waals surface area (Å²) in [4.78, 5) is 6.53. The van der Waals surface area contributed by atoms with Crippen LogP contribution in [0.3, 0.4) is 0 Å². The van der Waals surface area contributed by atoms with Crippen LogP contribution >= 0.6 is 11.6 Å². The van der Waals surface area contributed by atoms with Crippen molar-refractivity contribution in [2.24, 2.45) is 5.41 Å². The van der Waals surface area contributed by atoms with Crippen LogP contribution in [-0.2, 0) is 6.54 Å². The average Bonchev–Trinajstić information content (AvgIpc) is 2.19. The van der Waals surface area contributed by atoms with Crippen LogP contribution in [0.25, 0.3) is 0 Å². The molecule has 1 heterocycles. The lowest BCUT2D eigenvalue weighted by Gasteiger charge is -2.27. The number of aromatic nitrogens is 1. The summed E-state index contributed by atoms with van der Waals surface area (Å²) < 4.78 is 0. The molecule has 17 heavy (non-hydrogen) atoms. The number of anilines is 1. The zero-order valence-electron chi connectivity index (χ0n) is 11.3. The molecular weight excluding hydrogens is 234 g/mol. The zero-order valence-corrected chi connectivity index (χ0v) is 12.1. The Labute approximate surface area is 109 Å². The minimum atomic E-state index is 0.249. The summed E-state index contributed by atoms with van der Waals surface area (Å²) >= 11 is 6.09. The summed E-state index contributed by atoms with van der Waals surface area (Å²) in [6.45, 7) is 8.37. The van der Waals surface area contributed by atoms with Gasteiger partial charge in [-0.15, -0.1) is 0 Å². The van der Waals surface area contributed by atoms with Crippen LogP contribution in [0.4, 0.5) is 5.82 Å². The number of hydrogen-bond donors (Lipinski definition) is 1. The van der Waals surface area contributed by atoms with Gasteiger partial charge in [-0.25, -0.2) is 4.98 Å². The summed E-state index contributed by atoms with van der Waals surface area (Å²) in [5.41, 5.74) is 1.33. The minimum Gasteiger partial charge on any atom is -0.359 e. The SMILES string of the molecule is CNCc1cc(N(C)CC(C)(C)C)ncc1Cl. The molecule has 0 amide bonds. The molecule has 96 valence electrons. The van der Waals surface area contributed by atoms with E-state index in [4.69, 9.17) is 11.6 Å². The van der Waals surface area contributed by atoms with E-state index in [0.717, 1.165) is 24.5 Å². The predicted molar refractivity (Wildman–Crippen MR) is 74.7 cm³/mol. The molecule has 1 rings (SSSR count). The van der Waals surface area contributed by atoms with Crippen molar-refractivity contribution < 1.29 is 0 Å². The first-order valence-electron chi connectivity index (χ1n) is 5.83. The fourth-order valence-electron chi connectivity index (χ4n) is 1.79.